The minimum Gasteiger partial charge on any atom is -0.274 e. The van der Waals surface area contributed by atoms with Gasteiger partial charge in [-0.2, -0.15) is 0 Å². The van der Waals surface area contributed by atoms with Crippen molar-refractivity contribution in [2.24, 2.45) is 23.7 Å². The van der Waals surface area contributed by atoms with Crippen LogP contribution in [-0.4, -0.2) is 11.8 Å². The number of carbonyl (C=O) groups excluding carboxylic acids is 2. The Morgan fingerprint density at radius 2 is 1.60 bits per heavy atom. The molecule has 0 N–H and O–H groups in total. The number of amides is 2. The van der Waals surface area contributed by atoms with E-state index >= 15 is 0 Å². The fourth-order valence-corrected chi connectivity index (χ4v) is 4.69. The number of carbonyl (C=O) groups is 2. The summed E-state index contributed by atoms with van der Waals surface area (Å²) in [7, 11) is 0. The Morgan fingerprint density at radius 1 is 1.00 bits per heavy atom. The van der Waals surface area contributed by atoms with E-state index in [4.69, 9.17) is 23.2 Å². The van der Waals surface area contributed by atoms with Crippen molar-refractivity contribution < 1.29 is 9.59 Å². The average Bonchev–Trinajstić information content (AvgIpc) is 3.09. The summed E-state index contributed by atoms with van der Waals surface area (Å²) >= 11 is 12.2. The van der Waals surface area contributed by atoms with Crippen LogP contribution >= 0.6 is 23.2 Å². The van der Waals surface area contributed by atoms with E-state index in [1.807, 2.05) is 0 Å². The molecular formula is C15H13Cl2NO2. The Balaban J connectivity index is 1.79. The molecule has 0 unspecified atom stereocenters. The molecule has 1 aromatic carbocycles. The maximum absolute atomic E-state index is 12.7. The van der Waals surface area contributed by atoms with E-state index in [9.17, 15) is 9.59 Å². The van der Waals surface area contributed by atoms with Gasteiger partial charge in [0, 0.05) is 0 Å². The molecule has 1 aromatic rings. The topological polar surface area (TPSA) is 37.4 Å². The van der Waals surface area contributed by atoms with E-state index in [0.29, 0.717) is 22.5 Å². The van der Waals surface area contributed by atoms with E-state index in [2.05, 4.69) is 0 Å². The van der Waals surface area contributed by atoms with Gasteiger partial charge in [-0.1, -0.05) is 29.3 Å². The van der Waals surface area contributed by atoms with Gasteiger partial charge >= 0.3 is 0 Å². The zero-order valence-corrected chi connectivity index (χ0v) is 12.2. The Bertz CT molecular complexity index is 602. The molecular weight excluding hydrogens is 297 g/mol. The first-order valence-corrected chi connectivity index (χ1v) is 7.67. The van der Waals surface area contributed by atoms with Gasteiger partial charge in [-0.3, -0.25) is 9.59 Å². The second-order valence-electron chi connectivity index (χ2n) is 5.97. The van der Waals surface area contributed by atoms with Gasteiger partial charge < -0.3 is 0 Å². The number of halogens is 2. The highest BCUT2D eigenvalue weighted by Crippen LogP contribution is 2.57. The quantitative estimate of drug-likeness (QED) is 0.744. The zero-order chi connectivity index (χ0) is 14.0. The predicted molar refractivity (Wildman–Crippen MR) is 76.8 cm³/mol. The molecule has 3 aliphatic rings. The van der Waals surface area contributed by atoms with Crippen molar-refractivity contribution in [3.8, 4) is 0 Å². The van der Waals surface area contributed by atoms with Crippen LogP contribution in [-0.2, 0) is 9.59 Å². The van der Waals surface area contributed by atoms with Crippen LogP contribution in [0.3, 0.4) is 0 Å². The predicted octanol–water partition coefficient (Wildman–Crippen LogP) is 3.53. The lowest BCUT2D eigenvalue weighted by Gasteiger charge is -2.19. The lowest BCUT2D eigenvalue weighted by molar-refractivity contribution is -0.123. The maximum atomic E-state index is 12.7. The molecule has 4 rings (SSSR count). The smallest absolute Gasteiger partial charge is 0.238 e. The van der Waals surface area contributed by atoms with Crippen molar-refractivity contribution in [1.29, 1.82) is 0 Å². The lowest BCUT2D eigenvalue weighted by atomic mass is 9.81. The van der Waals surface area contributed by atoms with Crippen molar-refractivity contribution in [2.45, 2.75) is 19.3 Å². The first kappa shape index (κ1) is 12.7. The van der Waals surface area contributed by atoms with Crippen LogP contribution in [0.1, 0.15) is 19.3 Å². The van der Waals surface area contributed by atoms with Crippen molar-refractivity contribution in [3.63, 3.8) is 0 Å². The van der Waals surface area contributed by atoms with Crippen molar-refractivity contribution in [3.05, 3.63) is 28.2 Å². The molecule has 2 saturated carbocycles. The number of rotatable bonds is 1. The van der Waals surface area contributed by atoms with Crippen LogP contribution in [0.25, 0.3) is 0 Å². The third-order valence-electron chi connectivity index (χ3n) is 5.10. The van der Waals surface area contributed by atoms with Gasteiger partial charge in [0.25, 0.3) is 0 Å². The summed E-state index contributed by atoms with van der Waals surface area (Å²) < 4.78 is 0. The molecule has 5 heteroatoms. The SMILES string of the molecule is O=C1[C@@H]2[C@H]3CC[C@@H](C3)[C@@H]2C(=O)N1c1cccc(Cl)c1Cl. The van der Waals surface area contributed by atoms with Crippen molar-refractivity contribution in [2.75, 3.05) is 4.90 Å². The van der Waals surface area contributed by atoms with Crippen LogP contribution in [0.5, 0.6) is 0 Å². The highest BCUT2D eigenvalue weighted by Gasteiger charge is 2.61. The maximum Gasteiger partial charge on any atom is 0.238 e. The van der Waals surface area contributed by atoms with Gasteiger partial charge in [0.1, 0.15) is 0 Å². The Kier molecular flexibility index (Phi) is 2.67. The lowest BCUT2D eigenvalue weighted by Crippen LogP contribution is -2.33. The third kappa shape index (κ3) is 1.48. The second-order valence-corrected chi connectivity index (χ2v) is 6.75. The fourth-order valence-electron chi connectivity index (χ4n) is 4.31. The molecule has 1 heterocycles. The third-order valence-corrected chi connectivity index (χ3v) is 5.91. The Labute approximate surface area is 126 Å². The highest BCUT2D eigenvalue weighted by molar-refractivity contribution is 6.44. The van der Waals surface area contributed by atoms with E-state index in [0.717, 1.165) is 19.3 Å². The first-order chi connectivity index (χ1) is 9.59. The van der Waals surface area contributed by atoms with Crippen LogP contribution in [0.15, 0.2) is 18.2 Å². The average molecular weight is 310 g/mol. The number of benzene rings is 1. The molecule has 2 amide bonds. The molecule has 3 nitrogen and oxygen atoms in total. The molecule has 3 fully saturated rings. The number of fused-ring (bicyclic) bond motifs is 5. The summed E-state index contributed by atoms with van der Waals surface area (Å²) in [6, 6.07) is 5.06. The van der Waals surface area contributed by atoms with Gasteiger partial charge in [0.15, 0.2) is 0 Å². The molecule has 1 saturated heterocycles. The minimum atomic E-state index is -0.128. The molecule has 2 aliphatic carbocycles. The number of hydrogen-bond donors (Lipinski definition) is 0. The molecule has 20 heavy (non-hydrogen) atoms. The molecule has 2 bridgehead atoms. The number of hydrogen-bond acceptors (Lipinski definition) is 2. The standard InChI is InChI=1S/C15H13Cl2NO2/c16-9-2-1-3-10(13(9)17)18-14(19)11-7-4-5-8(6-7)12(11)15(18)20/h1-3,7-8,11-12H,4-6H2/t7-,8-,11-,12+/m0/s1. The Hall–Kier alpha value is -1.06. The molecule has 4 atom stereocenters. The van der Waals surface area contributed by atoms with Crippen LogP contribution in [0.2, 0.25) is 10.0 Å². The summed E-state index contributed by atoms with van der Waals surface area (Å²) in [5.41, 5.74) is 0.433. The second kappa shape index (κ2) is 4.22. The molecule has 104 valence electrons. The van der Waals surface area contributed by atoms with Crippen molar-refractivity contribution in [1.82, 2.24) is 0 Å². The van der Waals surface area contributed by atoms with Gasteiger partial charge in [-0.25, -0.2) is 4.90 Å². The number of nitrogens with zero attached hydrogens (tertiary/aromatic N) is 1. The van der Waals surface area contributed by atoms with Gasteiger partial charge in [-0.15, -0.1) is 0 Å². The summed E-state index contributed by atoms with van der Waals surface area (Å²) in [6.07, 6.45) is 3.17. The number of imide groups is 1. The van der Waals surface area contributed by atoms with Crippen LogP contribution < -0.4 is 4.90 Å². The summed E-state index contributed by atoms with van der Waals surface area (Å²) in [6.45, 7) is 0. The Morgan fingerprint density at radius 3 is 2.20 bits per heavy atom. The summed E-state index contributed by atoms with van der Waals surface area (Å²) in [5, 5.41) is 0.646. The zero-order valence-electron chi connectivity index (χ0n) is 10.7. The summed E-state index contributed by atoms with van der Waals surface area (Å²) in [5.74, 6) is 0.328. The van der Waals surface area contributed by atoms with E-state index < -0.39 is 0 Å². The van der Waals surface area contributed by atoms with Crippen molar-refractivity contribution >= 4 is 40.7 Å². The normalized spacial score (nSPS) is 35.0. The first-order valence-electron chi connectivity index (χ1n) is 6.91. The highest BCUT2D eigenvalue weighted by atomic mass is 35.5. The largest absolute Gasteiger partial charge is 0.274 e. The molecule has 1 aliphatic heterocycles. The molecule has 0 aromatic heterocycles. The van der Waals surface area contributed by atoms with Crippen LogP contribution in [0.4, 0.5) is 5.69 Å². The molecule has 0 spiro atoms. The minimum absolute atomic E-state index is 0.0867. The van der Waals surface area contributed by atoms with E-state index in [-0.39, 0.29) is 28.7 Å². The summed E-state index contributed by atoms with van der Waals surface area (Å²) in [4.78, 5) is 26.6. The fraction of sp³-hybridized carbons (Fsp3) is 0.467. The van der Waals surface area contributed by atoms with E-state index in [1.54, 1.807) is 18.2 Å². The van der Waals surface area contributed by atoms with Gasteiger partial charge in [-0.05, 0) is 43.2 Å². The van der Waals surface area contributed by atoms with Gasteiger partial charge in [0.05, 0.1) is 27.6 Å². The van der Waals surface area contributed by atoms with Gasteiger partial charge in [0.2, 0.25) is 11.8 Å². The number of anilines is 1. The van der Waals surface area contributed by atoms with Crippen LogP contribution in [0, 0.1) is 23.7 Å². The molecule has 0 radical (unpaired) electrons. The van der Waals surface area contributed by atoms with E-state index in [1.165, 1.54) is 4.90 Å². The monoisotopic (exact) mass is 309 g/mol.